The molecular formula is C20H29N3O5S. The zero-order valence-corrected chi connectivity index (χ0v) is 18.2. The Hall–Kier alpha value is -2.29. The maximum Gasteiger partial charge on any atom is 0.410 e. The Morgan fingerprint density at radius 1 is 1.24 bits per heavy atom. The van der Waals surface area contributed by atoms with Gasteiger partial charge in [-0.3, -0.25) is 0 Å². The molecule has 8 nitrogen and oxygen atoms in total. The number of rotatable bonds is 3. The maximum atomic E-state index is 12.5. The second kappa shape index (κ2) is 7.85. The lowest BCUT2D eigenvalue weighted by molar-refractivity contribution is 0.0173. The first-order valence-corrected chi connectivity index (χ1v) is 11.7. The van der Waals surface area contributed by atoms with Crippen molar-refractivity contribution < 1.29 is 22.7 Å². The van der Waals surface area contributed by atoms with E-state index in [1.807, 2.05) is 20.8 Å². The van der Waals surface area contributed by atoms with Crippen molar-refractivity contribution in [3.8, 4) is 0 Å². The molecule has 0 aromatic heterocycles. The van der Waals surface area contributed by atoms with E-state index in [2.05, 4.69) is 5.32 Å². The molecular weight excluding hydrogens is 394 g/mol. The third-order valence-electron chi connectivity index (χ3n) is 5.14. The van der Waals surface area contributed by atoms with Crippen LogP contribution in [0.25, 0.3) is 0 Å². The van der Waals surface area contributed by atoms with Crippen LogP contribution < -0.4 is 5.32 Å². The van der Waals surface area contributed by atoms with Gasteiger partial charge in [0.2, 0.25) is 0 Å². The number of urea groups is 1. The van der Waals surface area contributed by atoms with Gasteiger partial charge in [-0.2, -0.15) is 0 Å². The Morgan fingerprint density at radius 3 is 2.48 bits per heavy atom. The number of amides is 3. The van der Waals surface area contributed by atoms with Gasteiger partial charge in [0.15, 0.2) is 9.84 Å². The quantitative estimate of drug-likeness (QED) is 0.806. The minimum absolute atomic E-state index is 0.181. The maximum absolute atomic E-state index is 12.5. The lowest BCUT2D eigenvalue weighted by atomic mass is 9.96. The SMILES string of the molecule is CC(C)(C)OC(=O)N1CCC(CN2Cc3cc(S(C)(=O)=O)ccc3NC2=O)CC1. The fourth-order valence-corrected chi connectivity index (χ4v) is 4.28. The van der Waals surface area contributed by atoms with E-state index in [4.69, 9.17) is 4.74 Å². The van der Waals surface area contributed by atoms with Crippen LogP contribution >= 0.6 is 0 Å². The number of benzene rings is 1. The van der Waals surface area contributed by atoms with Gasteiger partial charge in [0.1, 0.15) is 5.60 Å². The summed E-state index contributed by atoms with van der Waals surface area (Å²) in [5.41, 5.74) is 0.926. The molecule has 0 unspecified atom stereocenters. The van der Waals surface area contributed by atoms with Crippen LogP contribution in [-0.2, 0) is 21.1 Å². The Bertz CT molecular complexity index is 899. The van der Waals surface area contributed by atoms with Crippen molar-refractivity contribution in [2.24, 2.45) is 5.92 Å². The van der Waals surface area contributed by atoms with Gasteiger partial charge in [-0.15, -0.1) is 0 Å². The first kappa shape index (κ1) is 21.4. The van der Waals surface area contributed by atoms with E-state index in [9.17, 15) is 18.0 Å². The first-order valence-electron chi connectivity index (χ1n) is 9.79. The van der Waals surface area contributed by atoms with Crippen molar-refractivity contribution in [3.63, 3.8) is 0 Å². The van der Waals surface area contributed by atoms with Gasteiger partial charge in [0, 0.05) is 38.1 Å². The van der Waals surface area contributed by atoms with Gasteiger partial charge in [-0.05, 0) is 63.3 Å². The molecule has 2 heterocycles. The molecule has 1 fully saturated rings. The standard InChI is InChI=1S/C20H29N3O5S/c1-20(2,3)28-19(25)22-9-7-14(8-10-22)12-23-13-15-11-16(29(4,26)27)5-6-17(15)21-18(23)24/h5-6,11,14H,7-10,12-13H2,1-4H3,(H,21,24). The van der Waals surface area contributed by atoms with Gasteiger partial charge in [-0.1, -0.05) is 0 Å². The molecule has 2 aliphatic heterocycles. The average Bonchev–Trinajstić information content (AvgIpc) is 2.60. The molecule has 2 aliphatic rings. The molecule has 0 radical (unpaired) electrons. The van der Waals surface area contributed by atoms with Crippen molar-refractivity contribution in [3.05, 3.63) is 23.8 Å². The summed E-state index contributed by atoms with van der Waals surface area (Å²) < 4.78 is 29.0. The lowest BCUT2D eigenvalue weighted by Crippen LogP contribution is -2.46. The van der Waals surface area contributed by atoms with E-state index >= 15 is 0 Å². The number of ether oxygens (including phenoxy) is 1. The predicted octanol–water partition coefficient (Wildman–Crippen LogP) is 3.08. The van der Waals surface area contributed by atoms with E-state index in [-0.39, 0.29) is 22.9 Å². The fourth-order valence-electron chi connectivity index (χ4n) is 3.61. The topological polar surface area (TPSA) is 96.0 Å². The van der Waals surface area contributed by atoms with E-state index < -0.39 is 15.4 Å². The highest BCUT2D eigenvalue weighted by molar-refractivity contribution is 7.90. The number of hydrogen-bond donors (Lipinski definition) is 1. The lowest BCUT2D eigenvalue weighted by Gasteiger charge is -2.37. The summed E-state index contributed by atoms with van der Waals surface area (Å²) in [4.78, 5) is 28.3. The molecule has 1 aromatic carbocycles. The predicted molar refractivity (Wildman–Crippen MR) is 110 cm³/mol. The number of fused-ring (bicyclic) bond motifs is 1. The Labute approximate surface area is 172 Å². The number of nitrogens with zero attached hydrogens (tertiary/aromatic N) is 2. The number of sulfone groups is 1. The van der Waals surface area contributed by atoms with Crippen LogP contribution in [0.4, 0.5) is 15.3 Å². The molecule has 1 N–H and O–H groups in total. The molecule has 0 aliphatic carbocycles. The van der Waals surface area contributed by atoms with Crippen LogP contribution in [0, 0.1) is 5.92 Å². The molecule has 1 aromatic rings. The molecule has 160 valence electrons. The van der Waals surface area contributed by atoms with Crippen molar-refractivity contribution in [1.29, 1.82) is 0 Å². The van der Waals surface area contributed by atoms with Crippen molar-refractivity contribution in [1.82, 2.24) is 9.80 Å². The average molecular weight is 424 g/mol. The van der Waals surface area contributed by atoms with Crippen molar-refractivity contribution >= 4 is 27.6 Å². The summed E-state index contributed by atoms with van der Waals surface area (Å²) in [6, 6.07) is 4.60. The number of anilines is 1. The van der Waals surface area contributed by atoms with E-state index in [1.165, 1.54) is 12.3 Å². The molecule has 0 bridgehead atoms. The van der Waals surface area contributed by atoms with Crippen LogP contribution in [0.3, 0.4) is 0 Å². The summed E-state index contributed by atoms with van der Waals surface area (Å²) in [6.45, 7) is 7.68. The highest BCUT2D eigenvalue weighted by Crippen LogP contribution is 2.28. The zero-order valence-electron chi connectivity index (χ0n) is 17.4. The number of hydrogen-bond acceptors (Lipinski definition) is 5. The largest absolute Gasteiger partial charge is 0.444 e. The van der Waals surface area contributed by atoms with Gasteiger partial charge in [-0.25, -0.2) is 18.0 Å². The molecule has 29 heavy (non-hydrogen) atoms. The molecule has 1 saturated heterocycles. The smallest absolute Gasteiger partial charge is 0.410 e. The number of nitrogens with one attached hydrogen (secondary N) is 1. The minimum atomic E-state index is -3.30. The molecule has 0 saturated carbocycles. The van der Waals surface area contributed by atoms with Crippen molar-refractivity contribution in [2.45, 2.75) is 50.7 Å². The Morgan fingerprint density at radius 2 is 1.90 bits per heavy atom. The van der Waals surface area contributed by atoms with Crippen LogP contribution in [0.2, 0.25) is 0 Å². The Balaban J connectivity index is 1.59. The fraction of sp³-hybridized carbons (Fsp3) is 0.600. The molecule has 0 spiro atoms. The zero-order chi connectivity index (χ0) is 21.4. The molecule has 9 heteroatoms. The minimum Gasteiger partial charge on any atom is -0.444 e. The van der Waals surface area contributed by atoms with Gasteiger partial charge in [0.25, 0.3) is 0 Å². The van der Waals surface area contributed by atoms with E-state index in [0.29, 0.717) is 31.9 Å². The van der Waals surface area contributed by atoms with E-state index in [0.717, 1.165) is 18.4 Å². The summed E-state index contributed by atoms with van der Waals surface area (Å²) in [7, 11) is -3.30. The third kappa shape index (κ3) is 5.41. The van der Waals surface area contributed by atoms with Crippen LogP contribution in [0.15, 0.2) is 23.1 Å². The van der Waals surface area contributed by atoms with Crippen LogP contribution in [0.1, 0.15) is 39.2 Å². The summed E-state index contributed by atoms with van der Waals surface area (Å²) in [6.07, 6.45) is 2.46. The van der Waals surface area contributed by atoms with Gasteiger partial charge < -0.3 is 19.9 Å². The monoisotopic (exact) mass is 423 g/mol. The number of piperidine rings is 1. The highest BCUT2D eigenvalue weighted by atomic mass is 32.2. The molecule has 3 rings (SSSR count). The number of likely N-dealkylation sites (tertiary alicyclic amines) is 1. The summed E-state index contributed by atoms with van der Waals surface area (Å²) in [5, 5.41) is 2.84. The van der Waals surface area contributed by atoms with E-state index in [1.54, 1.807) is 21.9 Å². The summed E-state index contributed by atoms with van der Waals surface area (Å²) >= 11 is 0. The first-order chi connectivity index (χ1) is 13.4. The second-order valence-electron chi connectivity index (χ2n) is 8.81. The van der Waals surface area contributed by atoms with Crippen LogP contribution in [0.5, 0.6) is 0 Å². The van der Waals surface area contributed by atoms with Gasteiger partial charge in [0.05, 0.1) is 4.90 Å². The molecule has 0 atom stereocenters. The third-order valence-corrected chi connectivity index (χ3v) is 6.25. The normalized spacial score (nSPS) is 18.3. The Kier molecular flexibility index (Phi) is 5.80. The number of carbonyl (C=O) groups excluding carboxylic acids is 2. The number of carbonyl (C=O) groups is 2. The highest BCUT2D eigenvalue weighted by Gasteiger charge is 2.30. The summed E-state index contributed by atoms with van der Waals surface area (Å²) in [5.74, 6) is 0.277. The van der Waals surface area contributed by atoms with Gasteiger partial charge >= 0.3 is 12.1 Å². The van der Waals surface area contributed by atoms with Crippen LogP contribution in [-0.4, -0.2) is 61.8 Å². The van der Waals surface area contributed by atoms with Crippen molar-refractivity contribution in [2.75, 3.05) is 31.2 Å². The second-order valence-corrected chi connectivity index (χ2v) is 10.8. The molecule has 3 amide bonds.